The molecule has 0 heterocycles. The molecule has 0 bridgehead atoms. The molecule has 0 radical (unpaired) electrons. The van der Waals surface area contributed by atoms with Crippen LogP contribution in [0.3, 0.4) is 0 Å². The van der Waals surface area contributed by atoms with Crippen LogP contribution in [-0.2, 0) is 14.3 Å². The quantitative estimate of drug-likeness (QED) is 0.297. The standard InChI is InChI=1S/C3H6O3.CH4/c1-5-3-6-2-4;/h2H,3H2,1H3;1H4. The van der Waals surface area contributed by atoms with Crippen molar-refractivity contribution in [3.63, 3.8) is 0 Å². The Kier molecular flexibility index (Phi) is 12.5. The van der Waals surface area contributed by atoms with Gasteiger partial charge in [-0.15, -0.1) is 0 Å². The molecule has 0 aliphatic carbocycles. The highest BCUT2D eigenvalue weighted by atomic mass is 16.7. The number of carbonyl (C=O) groups excluding carboxylic acids is 1. The molecule has 0 amide bonds. The van der Waals surface area contributed by atoms with Crippen LogP contribution >= 0.6 is 0 Å². The van der Waals surface area contributed by atoms with Crippen LogP contribution in [0.2, 0.25) is 0 Å². The molecular weight excluding hydrogens is 96.0 g/mol. The Bertz CT molecular complexity index is 35.9. The second-order valence-corrected chi connectivity index (χ2v) is 0.669. The Balaban J connectivity index is 0. The van der Waals surface area contributed by atoms with Crippen LogP contribution in [0, 0.1) is 0 Å². The van der Waals surface area contributed by atoms with Gasteiger partial charge in [-0.1, -0.05) is 7.43 Å². The molecular formula is C4H10O3. The van der Waals surface area contributed by atoms with Gasteiger partial charge in [0.15, 0.2) is 6.79 Å². The van der Waals surface area contributed by atoms with Crippen molar-refractivity contribution in [2.24, 2.45) is 0 Å². The van der Waals surface area contributed by atoms with Gasteiger partial charge in [-0.05, 0) is 0 Å². The predicted octanol–water partition coefficient (Wildman–Crippen LogP) is 0.399. The summed E-state index contributed by atoms with van der Waals surface area (Å²) >= 11 is 0. The molecule has 0 rings (SSSR count). The third-order valence-electron chi connectivity index (χ3n) is 0.254. The van der Waals surface area contributed by atoms with Gasteiger partial charge in [0.25, 0.3) is 6.47 Å². The highest BCUT2D eigenvalue weighted by Crippen LogP contribution is 1.62. The Labute approximate surface area is 43.2 Å². The lowest BCUT2D eigenvalue weighted by molar-refractivity contribution is -0.138. The molecule has 0 N–H and O–H groups in total. The van der Waals surface area contributed by atoms with E-state index in [1.165, 1.54) is 7.11 Å². The fraction of sp³-hybridized carbons (Fsp3) is 0.750. The van der Waals surface area contributed by atoms with Gasteiger partial charge in [0.1, 0.15) is 0 Å². The van der Waals surface area contributed by atoms with Crippen molar-refractivity contribution in [2.75, 3.05) is 13.9 Å². The second kappa shape index (κ2) is 9.06. The molecule has 3 nitrogen and oxygen atoms in total. The Morgan fingerprint density at radius 3 is 2.43 bits per heavy atom. The van der Waals surface area contributed by atoms with Crippen LogP contribution < -0.4 is 0 Å². The van der Waals surface area contributed by atoms with Gasteiger partial charge in [0.2, 0.25) is 0 Å². The van der Waals surface area contributed by atoms with Crippen molar-refractivity contribution in [3.8, 4) is 0 Å². The molecule has 0 aromatic rings. The number of hydrogen-bond acceptors (Lipinski definition) is 3. The number of methoxy groups -OCH3 is 1. The number of rotatable bonds is 3. The minimum atomic E-state index is 0. The number of hydrogen-bond donors (Lipinski definition) is 0. The average Bonchev–Trinajstić information content (AvgIpc) is 1.61. The average molecular weight is 106 g/mol. The van der Waals surface area contributed by atoms with Crippen LogP contribution in [0.5, 0.6) is 0 Å². The fourth-order valence-electron chi connectivity index (χ4n) is 0.0958. The Morgan fingerprint density at radius 1 is 1.71 bits per heavy atom. The van der Waals surface area contributed by atoms with Crippen LogP contribution in [-0.4, -0.2) is 20.4 Å². The molecule has 0 unspecified atom stereocenters. The lowest BCUT2D eigenvalue weighted by Crippen LogP contribution is -1.91. The maximum absolute atomic E-state index is 9.26. The first-order valence-electron chi connectivity index (χ1n) is 1.46. The normalized spacial score (nSPS) is 6.43. The van der Waals surface area contributed by atoms with Gasteiger partial charge >= 0.3 is 0 Å². The maximum atomic E-state index is 9.26. The van der Waals surface area contributed by atoms with Crippen LogP contribution in [0.25, 0.3) is 0 Å². The van der Waals surface area contributed by atoms with Crippen LogP contribution in [0.4, 0.5) is 0 Å². The lowest BCUT2D eigenvalue weighted by atomic mass is 11.3. The zero-order valence-corrected chi connectivity index (χ0v) is 3.51. The van der Waals surface area contributed by atoms with Crippen molar-refractivity contribution >= 4 is 6.47 Å². The summed E-state index contributed by atoms with van der Waals surface area (Å²) in [6.07, 6.45) is 0. The van der Waals surface area contributed by atoms with E-state index in [0.29, 0.717) is 6.47 Å². The van der Waals surface area contributed by atoms with Crippen molar-refractivity contribution < 1.29 is 14.3 Å². The van der Waals surface area contributed by atoms with E-state index in [2.05, 4.69) is 9.47 Å². The molecule has 0 atom stereocenters. The minimum absolute atomic E-state index is 0. The summed E-state index contributed by atoms with van der Waals surface area (Å²) in [5, 5.41) is 0. The van der Waals surface area contributed by atoms with E-state index < -0.39 is 0 Å². The van der Waals surface area contributed by atoms with Crippen molar-refractivity contribution in [1.82, 2.24) is 0 Å². The third-order valence-corrected chi connectivity index (χ3v) is 0.254. The van der Waals surface area contributed by atoms with Crippen LogP contribution in [0.1, 0.15) is 7.43 Å². The van der Waals surface area contributed by atoms with Gasteiger partial charge in [-0.2, -0.15) is 0 Å². The third kappa shape index (κ3) is 10.8. The summed E-state index contributed by atoms with van der Waals surface area (Å²) in [5.41, 5.74) is 0. The van der Waals surface area contributed by atoms with Gasteiger partial charge in [0.05, 0.1) is 0 Å². The lowest BCUT2D eigenvalue weighted by Gasteiger charge is -1.89. The summed E-state index contributed by atoms with van der Waals surface area (Å²) in [7, 11) is 1.45. The molecule has 0 spiro atoms. The number of ether oxygens (including phenoxy) is 2. The molecule has 7 heavy (non-hydrogen) atoms. The molecule has 0 aliphatic heterocycles. The van der Waals surface area contributed by atoms with E-state index in [0.717, 1.165) is 0 Å². The monoisotopic (exact) mass is 106 g/mol. The smallest absolute Gasteiger partial charge is 0.295 e. The van der Waals surface area contributed by atoms with E-state index in [1.807, 2.05) is 0 Å². The van der Waals surface area contributed by atoms with Gasteiger partial charge in [-0.25, -0.2) is 0 Å². The SMILES string of the molecule is C.COCOC=O. The van der Waals surface area contributed by atoms with Crippen molar-refractivity contribution in [3.05, 3.63) is 0 Å². The molecule has 0 saturated carbocycles. The largest absolute Gasteiger partial charge is 0.441 e. The van der Waals surface area contributed by atoms with Crippen LogP contribution in [0.15, 0.2) is 0 Å². The van der Waals surface area contributed by atoms with E-state index in [9.17, 15) is 4.79 Å². The van der Waals surface area contributed by atoms with Crippen molar-refractivity contribution in [1.29, 1.82) is 0 Å². The highest BCUT2D eigenvalue weighted by Gasteiger charge is 1.69. The van der Waals surface area contributed by atoms with E-state index in [4.69, 9.17) is 0 Å². The molecule has 0 fully saturated rings. The summed E-state index contributed by atoms with van der Waals surface area (Å²) < 4.78 is 8.41. The van der Waals surface area contributed by atoms with E-state index in [1.54, 1.807) is 0 Å². The van der Waals surface area contributed by atoms with E-state index >= 15 is 0 Å². The Hall–Kier alpha value is -0.570. The van der Waals surface area contributed by atoms with Gasteiger partial charge in [0, 0.05) is 7.11 Å². The molecule has 0 aromatic carbocycles. The maximum Gasteiger partial charge on any atom is 0.295 e. The zero-order chi connectivity index (χ0) is 4.83. The fourth-order valence-corrected chi connectivity index (χ4v) is 0.0958. The van der Waals surface area contributed by atoms with E-state index in [-0.39, 0.29) is 14.2 Å². The predicted molar refractivity (Wildman–Crippen MR) is 25.8 cm³/mol. The molecule has 0 aliphatic rings. The van der Waals surface area contributed by atoms with Crippen molar-refractivity contribution in [2.45, 2.75) is 7.43 Å². The summed E-state index contributed by atoms with van der Waals surface area (Å²) in [4.78, 5) is 9.26. The Morgan fingerprint density at radius 2 is 2.29 bits per heavy atom. The summed E-state index contributed by atoms with van der Waals surface area (Å²) in [5.74, 6) is 0. The highest BCUT2D eigenvalue weighted by molar-refractivity contribution is 5.36. The van der Waals surface area contributed by atoms with Gasteiger partial charge < -0.3 is 9.47 Å². The molecule has 0 aromatic heterocycles. The zero-order valence-electron chi connectivity index (χ0n) is 3.51. The topological polar surface area (TPSA) is 35.5 Å². The second-order valence-electron chi connectivity index (χ2n) is 0.669. The van der Waals surface area contributed by atoms with Gasteiger partial charge in [-0.3, -0.25) is 4.79 Å². The first-order chi connectivity index (χ1) is 2.91. The molecule has 44 valence electrons. The summed E-state index contributed by atoms with van der Waals surface area (Å²) in [6, 6.07) is 0. The molecule has 0 saturated heterocycles. The molecule has 3 heteroatoms. The summed E-state index contributed by atoms with van der Waals surface area (Å²) in [6.45, 7) is 0.382. The number of carbonyl (C=O) groups is 1. The first kappa shape index (κ1) is 9.66. The minimum Gasteiger partial charge on any atom is -0.441 e. The first-order valence-corrected chi connectivity index (χ1v) is 1.46.